The third kappa shape index (κ3) is 2.51. The van der Waals surface area contributed by atoms with Crippen molar-refractivity contribution in [2.24, 2.45) is 0 Å². The molecule has 0 unspecified atom stereocenters. The molecule has 5 nitrogen and oxygen atoms in total. The Hall–Kier alpha value is -1.63. The monoisotopic (exact) mass is 350 g/mol. The van der Waals surface area contributed by atoms with Crippen molar-refractivity contribution in [2.75, 3.05) is 13.7 Å². The predicted octanol–water partition coefficient (Wildman–Crippen LogP) is 3.57. The zero-order chi connectivity index (χ0) is 16.0. The van der Waals surface area contributed by atoms with Gasteiger partial charge >= 0.3 is 5.97 Å². The van der Waals surface area contributed by atoms with Gasteiger partial charge in [0.1, 0.15) is 10.7 Å². The van der Waals surface area contributed by atoms with Crippen LogP contribution in [0.4, 0.5) is 0 Å². The molecule has 0 bridgehead atoms. The molecule has 0 saturated carbocycles. The minimum atomic E-state index is -0.309. The molecule has 1 fully saturated rings. The topological polar surface area (TPSA) is 53.3 Å². The number of carbonyl (C=O) groups is 1. The van der Waals surface area contributed by atoms with Crippen molar-refractivity contribution in [2.45, 2.75) is 24.9 Å². The van der Waals surface area contributed by atoms with Crippen LogP contribution >= 0.6 is 22.9 Å². The Balaban J connectivity index is 1.84. The molecule has 4 rings (SSSR count). The first-order valence-electron chi connectivity index (χ1n) is 7.38. The standard InChI is InChI=1S/C16H15ClN2O3S/c1-21-16(20)14-5-9-4-12-11(6-13(9)23-14)18-15(7-17)19(12)8-10-2-3-22-10/h4-6,10H,2-3,7-8H2,1H3/t10-/m0/s1. The van der Waals surface area contributed by atoms with Gasteiger partial charge in [0.05, 0.1) is 36.7 Å². The number of ether oxygens (including phenoxy) is 2. The van der Waals surface area contributed by atoms with Crippen LogP contribution in [-0.2, 0) is 21.9 Å². The molecule has 7 heteroatoms. The highest BCUT2D eigenvalue weighted by Gasteiger charge is 2.22. The fraction of sp³-hybridized carbons (Fsp3) is 0.375. The summed E-state index contributed by atoms with van der Waals surface area (Å²) in [7, 11) is 1.39. The Morgan fingerprint density at radius 3 is 3.00 bits per heavy atom. The van der Waals surface area contributed by atoms with Gasteiger partial charge in [-0.1, -0.05) is 0 Å². The van der Waals surface area contributed by atoms with E-state index in [-0.39, 0.29) is 12.1 Å². The molecule has 0 spiro atoms. The van der Waals surface area contributed by atoms with Crippen LogP contribution in [0.2, 0.25) is 0 Å². The zero-order valence-electron chi connectivity index (χ0n) is 12.5. The average Bonchev–Trinajstić information content (AvgIpc) is 3.08. The maximum Gasteiger partial charge on any atom is 0.348 e. The number of hydrogen-bond donors (Lipinski definition) is 0. The highest BCUT2D eigenvalue weighted by Crippen LogP contribution is 2.31. The van der Waals surface area contributed by atoms with Gasteiger partial charge < -0.3 is 14.0 Å². The van der Waals surface area contributed by atoms with Crippen LogP contribution < -0.4 is 0 Å². The number of carbonyl (C=O) groups excluding carboxylic acids is 1. The fourth-order valence-corrected chi connectivity index (χ4v) is 4.05. The van der Waals surface area contributed by atoms with Crippen LogP contribution in [0.15, 0.2) is 18.2 Å². The van der Waals surface area contributed by atoms with Gasteiger partial charge in [0.25, 0.3) is 0 Å². The lowest BCUT2D eigenvalue weighted by atomic mass is 10.2. The number of halogens is 1. The molecule has 0 radical (unpaired) electrons. The second kappa shape index (κ2) is 5.78. The van der Waals surface area contributed by atoms with Gasteiger partial charge in [-0.3, -0.25) is 0 Å². The average molecular weight is 351 g/mol. The van der Waals surface area contributed by atoms with Crippen LogP contribution in [-0.4, -0.2) is 35.3 Å². The number of methoxy groups -OCH3 is 1. The Morgan fingerprint density at radius 2 is 2.35 bits per heavy atom. The summed E-state index contributed by atoms with van der Waals surface area (Å²) < 4.78 is 13.5. The molecule has 0 N–H and O–H groups in total. The summed E-state index contributed by atoms with van der Waals surface area (Å²) >= 11 is 7.47. The second-order valence-corrected chi connectivity index (χ2v) is 6.89. The lowest BCUT2D eigenvalue weighted by Gasteiger charge is -2.27. The molecule has 1 aliphatic heterocycles. The van der Waals surface area contributed by atoms with E-state index in [0.29, 0.717) is 10.8 Å². The normalized spacial score (nSPS) is 17.6. The summed E-state index contributed by atoms with van der Waals surface area (Å²) in [5.41, 5.74) is 1.92. The number of thiophene rings is 1. The maximum absolute atomic E-state index is 11.7. The quantitative estimate of drug-likeness (QED) is 0.533. The van der Waals surface area contributed by atoms with Gasteiger partial charge in [-0.25, -0.2) is 9.78 Å². The van der Waals surface area contributed by atoms with Crippen LogP contribution in [0.3, 0.4) is 0 Å². The Bertz CT molecular complexity index is 898. The largest absolute Gasteiger partial charge is 0.465 e. The third-order valence-electron chi connectivity index (χ3n) is 4.15. The van der Waals surface area contributed by atoms with Crippen molar-refractivity contribution in [1.82, 2.24) is 9.55 Å². The Morgan fingerprint density at radius 1 is 1.52 bits per heavy atom. The van der Waals surface area contributed by atoms with E-state index in [0.717, 1.165) is 46.5 Å². The minimum Gasteiger partial charge on any atom is -0.465 e. The predicted molar refractivity (Wildman–Crippen MR) is 90.4 cm³/mol. The summed E-state index contributed by atoms with van der Waals surface area (Å²) in [4.78, 5) is 16.9. The van der Waals surface area contributed by atoms with Gasteiger partial charge in [-0.15, -0.1) is 22.9 Å². The van der Waals surface area contributed by atoms with Gasteiger partial charge in [0, 0.05) is 11.3 Å². The molecular weight excluding hydrogens is 336 g/mol. The lowest BCUT2D eigenvalue weighted by molar-refractivity contribution is -0.0589. The number of nitrogens with zero attached hydrogens (tertiary/aromatic N) is 2. The number of esters is 1. The van der Waals surface area contributed by atoms with E-state index in [9.17, 15) is 4.79 Å². The summed E-state index contributed by atoms with van der Waals surface area (Å²) in [6, 6.07) is 5.94. The van der Waals surface area contributed by atoms with Crippen molar-refractivity contribution in [3.8, 4) is 0 Å². The number of fused-ring (bicyclic) bond motifs is 2. The van der Waals surface area contributed by atoms with Gasteiger partial charge in [-0.05, 0) is 30.0 Å². The molecule has 0 aliphatic carbocycles. The molecule has 23 heavy (non-hydrogen) atoms. The van der Waals surface area contributed by atoms with Gasteiger partial charge in [-0.2, -0.15) is 0 Å². The molecule has 3 aromatic rings. The third-order valence-corrected chi connectivity index (χ3v) is 5.47. The van der Waals surface area contributed by atoms with Crippen molar-refractivity contribution >= 4 is 50.0 Å². The van der Waals surface area contributed by atoms with E-state index in [4.69, 9.17) is 21.1 Å². The van der Waals surface area contributed by atoms with Crippen LogP contribution in [0.25, 0.3) is 21.1 Å². The maximum atomic E-state index is 11.7. The zero-order valence-corrected chi connectivity index (χ0v) is 14.1. The minimum absolute atomic E-state index is 0.234. The summed E-state index contributed by atoms with van der Waals surface area (Å²) in [5, 5.41) is 1.01. The molecule has 0 amide bonds. The summed E-state index contributed by atoms with van der Waals surface area (Å²) in [5.74, 6) is 0.904. The Labute approximate surface area is 141 Å². The number of imidazole rings is 1. The molecule has 1 atom stereocenters. The number of hydrogen-bond acceptors (Lipinski definition) is 5. The van der Waals surface area contributed by atoms with Crippen molar-refractivity contribution < 1.29 is 14.3 Å². The summed E-state index contributed by atoms with van der Waals surface area (Å²) in [6.45, 7) is 1.59. The SMILES string of the molecule is COC(=O)c1cc2cc3c(cc2s1)nc(CCl)n3C[C@@H]1CCO1. The van der Waals surface area contributed by atoms with E-state index in [1.165, 1.54) is 18.4 Å². The van der Waals surface area contributed by atoms with Crippen LogP contribution in [0.1, 0.15) is 21.9 Å². The van der Waals surface area contributed by atoms with Gasteiger partial charge in [0.2, 0.25) is 0 Å². The highest BCUT2D eigenvalue weighted by molar-refractivity contribution is 7.20. The molecule has 2 aromatic heterocycles. The number of aromatic nitrogens is 2. The van der Waals surface area contributed by atoms with E-state index in [1.807, 2.05) is 12.1 Å². The molecule has 120 valence electrons. The van der Waals surface area contributed by atoms with Crippen LogP contribution in [0, 0.1) is 0 Å². The second-order valence-electron chi connectivity index (χ2n) is 5.53. The van der Waals surface area contributed by atoms with E-state index >= 15 is 0 Å². The molecular formula is C16H15ClN2O3S. The van der Waals surface area contributed by atoms with Crippen molar-refractivity contribution in [3.05, 3.63) is 28.9 Å². The van der Waals surface area contributed by atoms with Crippen molar-refractivity contribution in [3.63, 3.8) is 0 Å². The van der Waals surface area contributed by atoms with Crippen LogP contribution in [0.5, 0.6) is 0 Å². The summed E-state index contributed by atoms with van der Waals surface area (Å²) in [6.07, 6.45) is 1.30. The molecule has 1 saturated heterocycles. The number of rotatable bonds is 4. The first kappa shape index (κ1) is 14.9. The van der Waals surface area contributed by atoms with E-state index < -0.39 is 0 Å². The van der Waals surface area contributed by atoms with E-state index in [2.05, 4.69) is 15.6 Å². The number of alkyl halides is 1. The van der Waals surface area contributed by atoms with Crippen molar-refractivity contribution in [1.29, 1.82) is 0 Å². The molecule has 1 aliphatic rings. The number of benzene rings is 1. The first-order chi connectivity index (χ1) is 11.2. The Kier molecular flexibility index (Phi) is 3.75. The first-order valence-corrected chi connectivity index (χ1v) is 8.73. The smallest absolute Gasteiger partial charge is 0.348 e. The van der Waals surface area contributed by atoms with E-state index in [1.54, 1.807) is 0 Å². The molecule has 3 heterocycles. The highest BCUT2D eigenvalue weighted by atomic mass is 35.5. The fourth-order valence-electron chi connectivity index (χ4n) is 2.85. The molecule has 1 aromatic carbocycles. The lowest BCUT2D eigenvalue weighted by Crippen LogP contribution is -2.31. The van der Waals surface area contributed by atoms with Gasteiger partial charge in [0.15, 0.2) is 0 Å².